The Bertz CT molecular complexity index is 261. The normalized spacial score (nSPS) is 41.1. The maximum Gasteiger partial charge on any atom is 0.0636 e. The van der Waals surface area contributed by atoms with E-state index >= 15 is 0 Å². The zero-order chi connectivity index (χ0) is 11.7. The molecule has 17 heavy (non-hydrogen) atoms. The lowest BCUT2D eigenvalue weighted by Gasteiger charge is -2.48. The summed E-state index contributed by atoms with van der Waals surface area (Å²) in [6.45, 7) is 6.62. The minimum absolute atomic E-state index is 0.318. The van der Waals surface area contributed by atoms with Gasteiger partial charge in [0.1, 0.15) is 0 Å². The zero-order valence-corrected chi connectivity index (χ0v) is 10.7. The number of ether oxygens (including phenoxy) is 1. The lowest BCUT2D eigenvalue weighted by atomic mass is 9.96. The Morgan fingerprint density at radius 3 is 2.76 bits per heavy atom. The summed E-state index contributed by atoms with van der Waals surface area (Å²) in [5, 5.41) is 0. The molecule has 3 unspecified atom stereocenters. The summed E-state index contributed by atoms with van der Waals surface area (Å²) in [6, 6.07) is 1.57. The van der Waals surface area contributed by atoms with Crippen LogP contribution in [0.25, 0.3) is 0 Å². The standard InChI is InChI=1S/C13H25N3O/c14-12-4-8-17-10-13(12)16-7-6-15-5-2-1-3-11(15)9-16/h11-13H,1-10,14H2. The number of piperazine rings is 1. The monoisotopic (exact) mass is 239 g/mol. The van der Waals surface area contributed by atoms with Crippen LogP contribution in [-0.4, -0.2) is 67.3 Å². The Morgan fingerprint density at radius 1 is 1.00 bits per heavy atom. The largest absolute Gasteiger partial charge is 0.380 e. The lowest BCUT2D eigenvalue weighted by Crippen LogP contribution is -2.62. The summed E-state index contributed by atoms with van der Waals surface area (Å²) < 4.78 is 5.61. The molecule has 0 amide bonds. The van der Waals surface area contributed by atoms with Crippen LogP contribution < -0.4 is 5.73 Å². The molecule has 0 aromatic carbocycles. The van der Waals surface area contributed by atoms with Gasteiger partial charge in [0.15, 0.2) is 0 Å². The van der Waals surface area contributed by atoms with Gasteiger partial charge in [0, 0.05) is 44.4 Å². The highest BCUT2D eigenvalue weighted by molar-refractivity contribution is 4.92. The predicted octanol–water partition coefficient (Wildman–Crippen LogP) is 0.273. The fraction of sp³-hybridized carbons (Fsp3) is 1.00. The highest BCUT2D eigenvalue weighted by atomic mass is 16.5. The van der Waals surface area contributed by atoms with Gasteiger partial charge in [-0.2, -0.15) is 0 Å². The van der Waals surface area contributed by atoms with E-state index in [0.717, 1.165) is 25.7 Å². The molecule has 0 saturated carbocycles. The maximum absolute atomic E-state index is 6.24. The summed E-state index contributed by atoms with van der Waals surface area (Å²) in [5.41, 5.74) is 6.24. The van der Waals surface area contributed by atoms with Crippen molar-refractivity contribution in [3.05, 3.63) is 0 Å². The SMILES string of the molecule is NC1CCOCC1N1CCN2CCCCC2C1. The van der Waals surface area contributed by atoms with E-state index in [9.17, 15) is 0 Å². The van der Waals surface area contributed by atoms with Crippen molar-refractivity contribution in [2.45, 2.75) is 43.8 Å². The quantitative estimate of drug-likeness (QED) is 0.713. The Labute approximate surface area is 104 Å². The number of nitrogens with two attached hydrogens (primary N) is 1. The highest BCUT2D eigenvalue weighted by Gasteiger charge is 2.35. The molecule has 3 saturated heterocycles. The van der Waals surface area contributed by atoms with Gasteiger partial charge in [-0.25, -0.2) is 0 Å². The van der Waals surface area contributed by atoms with Gasteiger partial charge in [0.05, 0.1) is 6.61 Å². The molecule has 3 aliphatic heterocycles. The average molecular weight is 239 g/mol. The van der Waals surface area contributed by atoms with Gasteiger partial charge >= 0.3 is 0 Å². The second-order valence-corrected chi connectivity index (χ2v) is 5.78. The van der Waals surface area contributed by atoms with Gasteiger partial charge in [0.2, 0.25) is 0 Å². The van der Waals surface area contributed by atoms with Crippen LogP contribution in [0.2, 0.25) is 0 Å². The Morgan fingerprint density at radius 2 is 1.88 bits per heavy atom. The third kappa shape index (κ3) is 2.50. The summed E-state index contributed by atoms with van der Waals surface area (Å²) in [6.07, 6.45) is 5.19. The van der Waals surface area contributed by atoms with Crippen LogP contribution in [0.4, 0.5) is 0 Å². The van der Waals surface area contributed by atoms with E-state index < -0.39 is 0 Å². The molecule has 0 aromatic heterocycles. The van der Waals surface area contributed by atoms with E-state index in [1.54, 1.807) is 0 Å². The molecule has 3 aliphatic rings. The van der Waals surface area contributed by atoms with E-state index in [4.69, 9.17) is 10.5 Å². The molecule has 4 nitrogen and oxygen atoms in total. The molecular formula is C13H25N3O. The van der Waals surface area contributed by atoms with Crippen LogP contribution in [0.5, 0.6) is 0 Å². The number of hydrogen-bond acceptors (Lipinski definition) is 4. The highest BCUT2D eigenvalue weighted by Crippen LogP contribution is 2.24. The second kappa shape index (κ2) is 5.22. The van der Waals surface area contributed by atoms with Gasteiger partial charge in [-0.15, -0.1) is 0 Å². The van der Waals surface area contributed by atoms with Gasteiger partial charge in [0.25, 0.3) is 0 Å². The molecule has 4 heteroatoms. The van der Waals surface area contributed by atoms with Gasteiger partial charge in [-0.3, -0.25) is 9.80 Å². The van der Waals surface area contributed by atoms with E-state index in [1.807, 2.05) is 0 Å². The van der Waals surface area contributed by atoms with E-state index in [1.165, 1.54) is 45.4 Å². The first kappa shape index (κ1) is 11.9. The van der Waals surface area contributed by atoms with Crippen molar-refractivity contribution >= 4 is 0 Å². The molecule has 3 rings (SSSR count). The molecule has 0 spiro atoms. The van der Waals surface area contributed by atoms with E-state index in [-0.39, 0.29) is 0 Å². The van der Waals surface area contributed by atoms with Crippen LogP contribution in [0.3, 0.4) is 0 Å². The Kier molecular flexibility index (Phi) is 3.66. The molecule has 2 N–H and O–H groups in total. The molecule has 0 radical (unpaired) electrons. The number of nitrogens with zero attached hydrogens (tertiary/aromatic N) is 2. The predicted molar refractivity (Wildman–Crippen MR) is 68.0 cm³/mol. The smallest absolute Gasteiger partial charge is 0.0636 e. The van der Waals surface area contributed by atoms with Crippen molar-refractivity contribution in [3.8, 4) is 0 Å². The van der Waals surface area contributed by atoms with Crippen LogP contribution in [-0.2, 0) is 4.74 Å². The topological polar surface area (TPSA) is 41.7 Å². The lowest BCUT2D eigenvalue weighted by molar-refractivity contribution is -0.0341. The van der Waals surface area contributed by atoms with Gasteiger partial charge in [-0.05, 0) is 25.8 Å². The third-order valence-corrected chi connectivity index (χ3v) is 4.72. The number of hydrogen-bond donors (Lipinski definition) is 1. The molecule has 3 heterocycles. The summed E-state index contributed by atoms with van der Waals surface area (Å²) in [4.78, 5) is 5.27. The molecule has 3 atom stereocenters. The average Bonchev–Trinajstić information content (AvgIpc) is 2.39. The van der Waals surface area contributed by atoms with Crippen molar-refractivity contribution in [2.75, 3.05) is 39.4 Å². The van der Waals surface area contributed by atoms with E-state index in [2.05, 4.69) is 9.80 Å². The fourth-order valence-electron chi connectivity index (χ4n) is 3.60. The molecule has 3 fully saturated rings. The van der Waals surface area contributed by atoms with Crippen molar-refractivity contribution in [2.24, 2.45) is 5.73 Å². The van der Waals surface area contributed by atoms with Crippen LogP contribution in [0.1, 0.15) is 25.7 Å². The van der Waals surface area contributed by atoms with Crippen molar-refractivity contribution < 1.29 is 4.74 Å². The van der Waals surface area contributed by atoms with E-state index in [0.29, 0.717) is 12.1 Å². The van der Waals surface area contributed by atoms with Crippen LogP contribution in [0, 0.1) is 0 Å². The summed E-state index contributed by atoms with van der Waals surface area (Å²) >= 11 is 0. The number of piperidine rings is 1. The van der Waals surface area contributed by atoms with Crippen molar-refractivity contribution in [1.29, 1.82) is 0 Å². The molecule has 0 aliphatic carbocycles. The first-order valence-electron chi connectivity index (χ1n) is 7.16. The summed E-state index contributed by atoms with van der Waals surface area (Å²) in [7, 11) is 0. The third-order valence-electron chi connectivity index (χ3n) is 4.72. The fourth-order valence-corrected chi connectivity index (χ4v) is 3.60. The second-order valence-electron chi connectivity index (χ2n) is 5.78. The molecule has 0 aromatic rings. The molecule has 98 valence electrons. The Balaban J connectivity index is 1.60. The van der Waals surface area contributed by atoms with Crippen LogP contribution in [0.15, 0.2) is 0 Å². The number of fused-ring (bicyclic) bond motifs is 1. The molecular weight excluding hydrogens is 214 g/mol. The van der Waals surface area contributed by atoms with Crippen molar-refractivity contribution in [1.82, 2.24) is 9.80 Å². The first-order valence-corrected chi connectivity index (χ1v) is 7.16. The minimum Gasteiger partial charge on any atom is -0.380 e. The Hall–Kier alpha value is -0.160. The number of rotatable bonds is 1. The minimum atomic E-state index is 0.318. The summed E-state index contributed by atoms with van der Waals surface area (Å²) in [5.74, 6) is 0. The van der Waals surface area contributed by atoms with Crippen molar-refractivity contribution in [3.63, 3.8) is 0 Å². The maximum atomic E-state index is 6.24. The van der Waals surface area contributed by atoms with Gasteiger partial charge < -0.3 is 10.5 Å². The van der Waals surface area contributed by atoms with Gasteiger partial charge in [-0.1, -0.05) is 6.42 Å². The zero-order valence-electron chi connectivity index (χ0n) is 10.7. The first-order chi connectivity index (χ1) is 8.34. The molecule has 0 bridgehead atoms. The van der Waals surface area contributed by atoms with Crippen LogP contribution >= 0.6 is 0 Å².